The topological polar surface area (TPSA) is 40.2 Å². The van der Waals surface area contributed by atoms with E-state index in [4.69, 9.17) is 18.9 Å². The van der Waals surface area contributed by atoms with Crippen molar-refractivity contribution in [3.8, 4) is 17.2 Å². The van der Waals surface area contributed by atoms with Gasteiger partial charge in [-0.25, -0.2) is 0 Å². The van der Waals surface area contributed by atoms with Crippen LogP contribution in [0.5, 0.6) is 17.2 Å². The molecule has 1 fully saturated rings. The SMILES string of the molecule is COc1cc(CC2CO2)cc(OC)c1OC. The third-order valence-corrected chi connectivity index (χ3v) is 2.59. The molecule has 1 aliphatic heterocycles. The zero-order chi connectivity index (χ0) is 11.5. The van der Waals surface area contributed by atoms with Crippen molar-refractivity contribution in [2.24, 2.45) is 0 Å². The Hall–Kier alpha value is -1.42. The number of methoxy groups -OCH3 is 3. The van der Waals surface area contributed by atoms with Gasteiger partial charge in [0.05, 0.1) is 34.0 Å². The van der Waals surface area contributed by atoms with Gasteiger partial charge in [0.15, 0.2) is 11.5 Å². The summed E-state index contributed by atoms with van der Waals surface area (Å²) in [5, 5.41) is 0. The van der Waals surface area contributed by atoms with Crippen LogP contribution in [-0.4, -0.2) is 34.0 Å². The zero-order valence-electron chi connectivity index (χ0n) is 9.78. The summed E-state index contributed by atoms with van der Waals surface area (Å²) < 4.78 is 21.0. The van der Waals surface area contributed by atoms with Gasteiger partial charge in [0, 0.05) is 6.42 Å². The Morgan fingerprint density at radius 1 is 1.12 bits per heavy atom. The second-order valence-electron chi connectivity index (χ2n) is 3.69. The van der Waals surface area contributed by atoms with Gasteiger partial charge in [0.2, 0.25) is 5.75 Å². The van der Waals surface area contributed by atoms with Crippen LogP contribution < -0.4 is 14.2 Å². The van der Waals surface area contributed by atoms with Crippen LogP contribution in [0.25, 0.3) is 0 Å². The van der Waals surface area contributed by atoms with E-state index in [-0.39, 0.29) is 0 Å². The minimum absolute atomic E-state index is 0.350. The van der Waals surface area contributed by atoms with Crippen molar-refractivity contribution in [3.63, 3.8) is 0 Å². The van der Waals surface area contributed by atoms with Crippen molar-refractivity contribution < 1.29 is 18.9 Å². The predicted octanol–water partition coefficient (Wildman–Crippen LogP) is 1.65. The summed E-state index contributed by atoms with van der Waals surface area (Å²) >= 11 is 0. The van der Waals surface area contributed by atoms with Crippen LogP contribution in [0, 0.1) is 0 Å². The Morgan fingerprint density at radius 3 is 2.06 bits per heavy atom. The summed E-state index contributed by atoms with van der Waals surface area (Å²) in [6, 6.07) is 3.92. The van der Waals surface area contributed by atoms with Gasteiger partial charge in [0.25, 0.3) is 0 Å². The molecule has 1 aromatic rings. The fourth-order valence-corrected chi connectivity index (χ4v) is 1.70. The Morgan fingerprint density at radius 2 is 1.69 bits per heavy atom. The molecule has 1 atom stereocenters. The van der Waals surface area contributed by atoms with Gasteiger partial charge in [-0.2, -0.15) is 0 Å². The molecule has 16 heavy (non-hydrogen) atoms. The summed E-state index contributed by atoms with van der Waals surface area (Å²) in [5.74, 6) is 2.01. The molecule has 0 bridgehead atoms. The van der Waals surface area contributed by atoms with E-state index in [9.17, 15) is 0 Å². The second kappa shape index (κ2) is 4.61. The molecular weight excluding hydrogens is 208 g/mol. The first-order valence-corrected chi connectivity index (χ1v) is 5.19. The van der Waals surface area contributed by atoms with E-state index in [1.165, 1.54) is 0 Å². The van der Waals surface area contributed by atoms with E-state index in [1.807, 2.05) is 12.1 Å². The van der Waals surface area contributed by atoms with Gasteiger partial charge in [0.1, 0.15) is 0 Å². The quantitative estimate of drug-likeness (QED) is 0.713. The summed E-state index contributed by atoms with van der Waals surface area (Å²) in [7, 11) is 4.84. The third-order valence-electron chi connectivity index (χ3n) is 2.59. The maximum atomic E-state index is 5.28. The lowest BCUT2D eigenvalue weighted by Crippen LogP contribution is -1.99. The largest absolute Gasteiger partial charge is 0.493 e. The van der Waals surface area contributed by atoms with Crippen LogP contribution >= 0.6 is 0 Å². The van der Waals surface area contributed by atoms with Gasteiger partial charge >= 0.3 is 0 Å². The predicted molar refractivity (Wildman–Crippen MR) is 59.5 cm³/mol. The molecule has 1 unspecified atom stereocenters. The molecule has 0 amide bonds. The molecule has 0 aliphatic carbocycles. The molecule has 88 valence electrons. The van der Waals surface area contributed by atoms with Gasteiger partial charge in [-0.3, -0.25) is 0 Å². The molecule has 1 aliphatic rings. The van der Waals surface area contributed by atoms with Crippen LogP contribution in [0.15, 0.2) is 12.1 Å². The highest BCUT2D eigenvalue weighted by Gasteiger charge is 2.24. The van der Waals surface area contributed by atoms with Crippen LogP contribution in [0.3, 0.4) is 0 Å². The van der Waals surface area contributed by atoms with E-state index in [0.717, 1.165) is 18.6 Å². The first-order valence-electron chi connectivity index (χ1n) is 5.19. The molecule has 2 rings (SSSR count). The molecule has 1 aromatic carbocycles. The molecule has 0 saturated carbocycles. The maximum absolute atomic E-state index is 5.28. The number of rotatable bonds is 5. The van der Waals surface area contributed by atoms with Gasteiger partial charge in [-0.05, 0) is 17.7 Å². The van der Waals surface area contributed by atoms with Crippen LogP contribution in [-0.2, 0) is 11.2 Å². The fraction of sp³-hybridized carbons (Fsp3) is 0.500. The lowest BCUT2D eigenvalue weighted by Gasteiger charge is -2.13. The van der Waals surface area contributed by atoms with Gasteiger partial charge < -0.3 is 18.9 Å². The summed E-state index contributed by atoms with van der Waals surface area (Å²) in [5.41, 5.74) is 1.14. The number of benzene rings is 1. The highest BCUT2D eigenvalue weighted by Crippen LogP contribution is 2.38. The van der Waals surface area contributed by atoms with Crippen molar-refractivity contribution >= 4 is 0 Å². The average Bonchev–Trinajstić information content (AvgIpc) is 3.11. The monoisotopic (exact) mass is 224 g/mol. The van der Waals surface area contributed by atoms with E-state index >= 15 is 0 Å². The van der Waals surface area contributed by atoms with Crippen LogP contribution in [0.4, 0.5) is 0 Å². The van der Waals surface area contributed by atoms with Crippen molar-refractivity contribution in [3.05, 3.63) is 17.7 Å². The van der Waals surface area contributed by atoms with Crippen LogP contribution in [0.1, 0.15) is 5.56 Å². The Kier molecular flexibility index (Phi) is 3.19. The van der Waals surface area contributed by atoms with Gasteiger partial charge in [-0.1, -0.05) is 0 Å². The number of hydrogen-bond donors (Lipinski definition) is 0. The van der Waals surface area contributed by atoms with Crippen molar-refractivity contribution in [2.75, 3.05) is 27.9 Å². The molecule has 1 saturated heterocycles. The zero-order valence-corrected chi connectivity index (χ0v) is 9.78. The highest BCUT2D eigenvalue weighted by atomic mass is 16.6. The van der Waals surface area contributed by atoms with Crippen molar-refractivity contribution in [1.29, 1.82) is 0 Å². The molecule has 4 heteroatoms. The smallest absolute Gasteiger partial charge is 0.203 e. The normalized spacial score (nSPS) is 18.1. The standard InChI is InChI=1S/C12H16O4/c1-13-10-5-8(4-9-7-16-9)6-11(14-2)12(10)15-3/h5-6,9H,4,7H2,1-3H3. The summed E-state index contributed by atoms with van der Waals surface area (Å²) in [6.07, 6.45) is 1.24. The Bertz CT molecular complexity index is 346. The Labute approximate surface area is 95.1 Å². The molecule has 4 nitrogen and oxygen atoms in total. The molecular formula is C12H16O4. The second-order valence-corrected chi connectivity index (χ2v) is 3.69. The minimum atomic E-state index is 0.350. The molecule has 0 aromatic heterocycles. The molecule has 0 N–H and O–H groups in total. The van der Waals surface area contributed by atoms with Crippen molar-refractivity contribution in [2.45, 2.75) is 12.5 Å². The highest BCUT2D eigenvalue weighted by molar-refractivity contribution is 5.54. The van der Waals surface area contributed by atoms with Crippen LogP contribution in [0.2, 0.25) is 0 Å². The molecule has 1 heterocycles. The number of epoxide rings is 1. The average molecular weight is 224 g/mol. The van der Waals surface area contributed by atoms with E-state index < -0.39 is 0 Å². The van der Waals surface area contributed by atoms with Crippen molar-refractivity contribution in [1.82, 2.24) is 0 Å². The third kappa shape index (κ3) is 2.22. The molecule has 0 radical (unpaired) electrons. The van der Waals surface area contributed by atoms with E-state index in [1.54, 1.807) is 21.3 Å². The van der Waals surface area contributed by atoms with Gasteiger partial charge in [-0.15, -0.1) is 0 Å². The lowest BCUT2D eigenvalue weighted by atomic mass is 10.1. The number of ether oxygens (including phenoxy) is 4. The Balaban J connectivity index is 2.32. The maximum Gasteiger partial charge on any atom is 0.203 e. The minimum Gasteiger partial charge on any atom is -0.493 e. The lowest BCUT2D eigenvalue weighted by molar-refractivity contribution is 0.323. The first kappa shape index (κ1) is 11.1. The van der Waals surface area contributed by atoms with E-state index in [2.05, 4.69) is 0 Å². The summed E-state index contributed by atoms with van der Waals surface area (Å²) in [6.45, 7) is 0.844. The van der Waals surface area contributed by atoms with E-state index in [0.29, 0.717) is 23.4 Å². The number of hydrogen-bond acceptors (Lipinski definition) is 4. The summed E-state index contributed by atoms with van der Waals surface area (Å²) in [4.78, 5) is 0. The molecule has 0 spiro atoms. The fourth-order valence-electron chi connectivity index (χ4n) is 1.70. The first-order chi connectivity index (χ1) is 7.78.